The van der Waals surface area contributed by atoms with Crippen molar-refractivity contribution in [1.82, 2.24) is 0 Å². The van der Waals surface area contributed by atoms with Crippen LogP contribution in [0, 0.1) is 0 Å². The van der Waals surface area contributed by atoms with Crippen molar-refractivity contribution >= 4 is 27.0 Å². The van der Waals surface area contributed by atoms with Gasteiger partial charge in [0.15, 0.2) is 0 Å². The number of benzene rings is 3. The highest BCUT2D eigenvalue weighted by Gasteiger charge is 2.08. The highest BCUT2D eigenvalue weighted by atomic mass is 32.2. The second-order valence-corrected chi connectivity index (χ2v) is 6.18. The van der Waals surface area contributed by atoms with Crippen LogP contribution in [0.25, 0.3) is 16.8 Å². The normalized spacial score (nSPS) is 11.8. The molecule has 0 aliphatic rings. The average Bonchev–Trinajstić information content (AvgIpc) is 2.53. The molecule has 0 fully saturated rings. The quantitative estimate of drug-likeness (QED) is 0.678. The van der Waals surface area contributed by atoms with E-state index in [1.54, 1.807) is 36.4 Å². The van der Waals surface area contributed by atoms with Gasteiger partial charge in [-0.05, 0) is 34.5 Å². The highest BCUT2D eigenvalue weighted by molar-refractivity contribution is 7.90. The fraction of sp³-hybridized carbons (Fsp3) is 0. The molecule has 3 aromatic carbocycles. The Labute approximate surface area is 129 Å². The van der Waals surface area contributed by atoms with Gasteiger partial charge >= 0.3 is 10.1 Å². The summed E-state index contributed by atoms with van der Waals surface area (Å²) in [5.41, 5.74) is 0.832. The van der Waals surface area contributed by atoms with Crippen molar-refractivity contribution in [2.24, 2.45) is 0 Å². The zero-order valence-electron chi connectivity index (χ0n) is 11.7. The Hall–Kier alpha value is -2.59. The molecule has 0 unspecified atom stereocenters. The Kier molecular flexibility index (Phi) is 3.94. The molecule has 3 nitrogen and oxygen atoms in total. The molecule has 0 amide bonds. The third-order valence-corrected chi connectivity index (χ3v) is 4.09. The van der Waals surface area contributed by atoms with E-state index in [0.717, 1.165) is 21.7 Å². The summed E-state index contributed by atoms with van der Waals surface area (Å²) < 4.78 is 29.0. The summed E-state index contributed by atoms with van der Waals surface area (Å²) in [6.45, 7) is 0. The van der Waals surface area contributed by atoms with Crippen molar-refractivity contribution < 1.29 is 12.6 Å². The van der Waals surface area contributed by atoms with Gasteiger partial charge in [-0.25, -0.2) is 0 Å². The van der Waals surface area contributed by atoms with Gasteiger partial charge in [-0.15, -0.1) is 0 Å². The van der Waals surface area contributed by atoms with Gasteiger partial charge in [0, 0.05) is 0 Å². The van der Waals surface area contributed by atoms with Gasteiger partial charge in [-0.2, -0.15) is 8.42 Å². The molecular formula is C18H14O3S. The van der Waals surface area contributed by atoms with E-state index in [9.17, 15) is 8.42 Å². The van der Waals surface area contributed by atoms with Crippen LogP contribution >= 0.6 is 0 Å². The SMILES string of the molecule is O=S(=O)(C=Cc1cccc2ccccc12)Oc1ccccc1. The van der Waals surface area contributed by atoms with Crippen LogP contribution in [0.3, 0.4) is 0 Å². The summed E-state index contributed by atoms with van der Waals surface area (Å²) in [6.07, 6.45) is 1.56. The lowest BCUT2D eigenvalue weighted by Crippen LogP contribution is -2.04. The first-order valence-electron chi connectivity index (χ1n) is 6.79. The van der Waals surface area contributed by atoms with Gasteiger partial charge in [0.2, 0.25) is 0 Å². The molecule has 4 heteroatoms. The molecule has 0 aliphatic carbocycles. The minimum absolute atomic E-state index is 0.296. The summed E-state index contributed by atoms with van der Waals surface area (Å²) >= 11 is 0. The standard InChI is InChI=1S/C18H14O3S/c19-22(20,21-17-10-2-1-3-11-17)14-13-16-9-6-8-15-7-4-5-12-18(15)16/h1-14H. The van der Waals surface area contributed by atoms with E-state index >= 15 is 0 Å². The van der Waals surface area contributed by atoms with E-state index in [1.807, 2.05) is 42.5 Å². The molecule has 22 heavy (non-hydrogen) atoms. The average molecular weight is 310 g/mol. The number of rotatable bonds is 4. The summed E-state index contributed by atoms with van der Waals surface area (Å²) in [5.74, 6) is 0.296. The van der Waals surface area contributed by atoms with Gasteiger partial charge in [-0.1, -0.05) is 60.7 Å². The molecule has 0 saturated carbocycles. The monoisotopic (exact) mass is 310 g/mol. The molecule has 0 bridgehead atoms. The third-order valence-electron chi connectivity index (χ3n) is 3.19. The summed E-state index contributed by atoms with van der Waals surface area (Å²) in [4.78, 5) is 0. The lowest BCUT2D eigenvalue weighted by atomic mass is 10.1. The molecule has 0 aliphatic heterocycles. The topological polar surface area (TPSA) is 43.4 Å². The molecule has 0 saturated heterocycles. The van der Waals surface area contributed by atoms with Gasteiger partial charge < -0.3 is 4.18 Å². The van der Waals surface area contributed by atoms with E-state index in [0.29, 0.717) is 5.75 Å². The Bertz CT molecular complexity index is 908. The summed E-state index contributed by atoms with van der Waals surface area (Å²) in [5, 5.41) is 3.14. The van der Waals surface area contributed by atoms with Crippen molar-refractivity contribution in [1.29, 1.82) is 0 Å². The van der Waals surface area contributed by atoms with Crippen molar-refractivity contribution in [2.45, 2.75) is 0 Å². The first kappa shape index (κ1) is 14.4. The maximum atomic E-state index is 12.0. The summed E-state index contributed by atoms with van der Waals surface area (Å²) in [7, 11) is -3.78. The Morgan fingerprint density at radius 2 is 1.45 bits per heavy atom. The third kappa shape index (κ3) is 3.35. The van der Waals surface area contributed by atoms with Crippen LogP contribution in [-0.2, 0) is 10.1 Å². The molecule has 0 atom stereocenters. The Morgan fingerprint density at radius 1 is 0.773 bits per heavy atom. The van der Waals surface area contributed by atoms with Gasteiger partial charge in [0.25, 0.3) is 0 Å². The largest absolute Gasteiger partial charge is 0.379 e. The number of hydrogen-bond acceptors (Lipinski definition) is 3. The number of fused-ring (bicyclic) bond motifs is 1. The molecule has 3 rings (SSSR count). The van der Waals surface area contributed by atoms with Crippen LogP contribution in [0.4, 0.5) is 0 Å². The van der Waals surface area contributed by atoms with Crippen LogP contribution < -0.4 is 4.18 Å². The lowest BCUT2D eigenvalue weighted by Gasteiger charge is -2.04. The number of para-hydroxylation sites is 1. The molecule has 0 aromatic heterocycles. The second-order valence-electron chi connectivity index (χ2n) is 4.76. The van der Waals surface area contributed by atoms with Gasteiger partial charge in [0.05, 0.1) is 5.41 Å². The molecule has 0 radical (unpaired) electrons. The molecule has 0 spiro atoms. The van der Waals surface area contributed by atoms with Gasteiger partial charge in [0.1, 0.15) is 5.75 Å². The van der Waals surface area contributed by atoms with Crippen LogP contribution in [0.2, 0.25) is 0 Å². The Balaban J connectivity index is 1.89. The zero-order valence-corrected chi connectivity index (χ0v) is 12.5. The fourth-order valence-corrected chi connectivity index (χ4v) is 2.94. The van der Waals surface area contributed by atoms with Crippen molar-refractivity contribution in [3.05, 3.63) is 83.8 Å². The van der Waals surface area contributed by atoms with Crippen LogP contribution in [0.1, 0.15) is 5.56 Å². The van der Waals surface area contributed by atoms with E-state index in [2.05, 4.69) is 0 Å². The molecule has 110 valence electrons. The number of hydrogen-bond donors (Lipinski definition) is 0. The predicted molar refractivity (Wildman–Crippen MR) is 89.0 cm³/mol. The van der Waals surface area contributed by atoms with Gasteiger partial charge in [-0.3, -0.25) is 0 Å². The van der Waals surface area contributed by atoms with Crippen molar-refractivity contribution in [3.63, 3.8) is 0 Å². The maximum Gasteiger partial charge on any atom is 0.332 e. The highest BCUT2D eigenvalue weighted by Crippen LogP contribution is 2.20. The first-order valence-corrected chi connectivity index (χ1v) is 8.27. The molecule has 0 heterocycles. The lowest BCUT2D eigenvalue weighted by molar-refractivity contribution is 0.497. The first-order chi connectivity index (χ1) is 10.6. The Morgan fingerprint density at radius 3 is 2.27 bits per heavy atom. The van der Waals surface area contributed by atoms with E-state index < -0.39 is 10.1 Å². The summed E-state index contributed by atoms with van der Waals surface area (Å²) in [6, 6.07) is 22.0. The molecular weight excluding hydrogens is 296 g/mol. The van der Waals surface area contributed by atoms with Crippen molar-refractivity contribution in [2.75, 3.05) is 0 Å². The van der Waals surface area contributed by atoms with E-state index in [-0.39, 0.29) is 0 Å². The van der Waals surface area contributed by atoms with E-state index in [4.69, 9.17) is 4.18 Å². The second kappa shape index (κ2) is 6.03. The van der Waals surface area contributed by atoms with Crippen LogP contribution in [0.5, 0.6) is 5.75 Å². The van der Waals surface area contributed by atoms with Crippen LogP contribution in [-0.4, -0.2) is 8.42 Å². The minimum atomic E-state index is -3.78. The molecule has 0 N–H and O–H groups in total. The zero-order chi connectivity index (χ0) is 15.4. The van der Waals surface area contributed by atoms with Crippen LogP contribution in [0.15, 0.2) is 78.2 Å². The molecule has 3 aromatic rings. The van der Waals surface area contributed by atoms with E-state index in [1.165, 1.54) is 0 Å². The van der Waals surface area contributed by atoms with Crippen molar-refractivity contribution in [3.8, 4) is 5.75 Å². The smallest absolute Gasteiger partial charge is 0.332 e. The predicted octanol–water partition coefficient (Wildman–Crippen LogP) is 4.22. The fourth-order valence-electron chi connectivity index (χ4n) is 2.19. The minimum Gasteiger partial charge on any atom is -0.379 e. The maximum absolute atomic E-state index is 12.0.